The number of ether oxygens (including phenoxy) is 1. The minimum atomic E-state index is -0.425. The number of nitrogens with zero attached hydrogens (tertiary/aromatic N) is 2. The van der Waals surface area contributed by atoms with Crippen molar-refractivity contribution < 1.29 is 9.26 Å². The highest BCUT2D eigenvalue weighted by molar-refractivity contribution is 9.10. The molecule has 1 fully saturated rings. The van der Waals surface area contributed by atoms with Crippen LogP contribution in [0.2, 0.25) is 0 Å². The molecule has 0 amide bonds. The first-order valence-corrected chi connectivity index (χ1v) is 7.39. The van der Waals surface area contributed by atoms with E-state index in [-0.39, 0.29) is 12.4 Å². The third-order valence-electron chi connectivity index (χ3n) is 3.77. The average molecular weight is 375 g/mol. The average Bonchev–Trinajstić information content (AvgIpc) is 3.08. The summed E-state index contributed by atoms with van der Waals surface area (Å²) in [6, 6.07) is 5.64. The molecule has 3 rings (SSSR count). The smallest absolute Gasteiger partial charge is 0.258 e. The van der Waals surface area contributed by atoms with Crippen LogP contribution in [0.1, 0.15) is 31.5 Å². The zero-order valence-corrected chi connectivity index (χ0v) is 14.0. The SMILES string of the molecule is COc1ccc(-c2nc(C3(N)CCCC3)no2)cc1Br.Cl. The van der Waals surface area contributed by atoms with E-state index in [1.165, 1.54) is 0 Å². The van der Waals surface area contributed by atoms with Crippen LogP contribution < -0.4 is 10.5 Å². The second-order valence-electron chi connectivity index (χ2n) is 5.14. The molecule has 1 heterocycles. The van der Waals surface area contributed by atoms with Gasteiger partial charge in [-0.15, -0.1) is 12.4 Å². The van der Waals surface area contributed by atoms with E-state index in [4.69, 9.17) is 15.0 Å². The van der Waals surface area contributed by atoms with E-state index < -0.39 is 5.54 Å². The summed E-state index contributed by atoms with van der Waals surface area (Å²) in [5.74, 6) is 1.86. The second kappa shape index (κ2) is 6.34. The van der Waals surface area contributed by atoms with Crippen LogP contribution >= 0.6 is 28.3 Å². The van der Waals surface area contributed by atoms with E-state index in [2.05, 4.69) is 26.1 Å². The highest BCUT2D eigenvalue weighted by Crippen LogP contribution is 2.36. The summed E-state index contributed by atoms with van der Waals surface area (Å²) in [6.07, 6.45) is 4.07. The molecule has 0 bridgehead atoms. The molecular weight excluding hydrogens is 358 g/mol. The topological polar surface area (TPSA) is 74.2 Å². The maximum absolute atomic E-state index is 6.33. The van der Waals surface area contributed by atoms with Crippen LogP contribution in [0.25, 0.3) is 11.5 Å². The molecule has 0 spiro atoms. The van der Waals surface area contributed by atoms with Crippen molar-refractivity contribution in [2.45, 2.75) is 31.2 Å². The van der Waals surface area contributed by atoms with Crippen molar-refractivity contribution in [1.29, 1.82) is 0 Å². The molecule has 2 aromatic rings. The van der Waals surface area contributed by atoms with Crippen LogP contribution in [-0.2, 0) is 5.54 Å². The fourth-order valence-electron chi connectivity index (χ4n) is 2.57. The standard InChI is InChI=1S/C14H16BrN3O2.ClH/c1-19-11-5-4-9(8-10(11)15)12-17-13(18-20-12)14(16)6-2-3-7-14;/h4-5,8H,2-3,6-7,16H2,1H3;1H. The van der Waals surface area contributed by atoms with Crippen molar-refractivity contribution in [1.82, 2.24) is 10.1 Å². The van der Waals surface area contributed by atoms with Crippen LogP contribution in [0.3, 0.4) is 0 Å². The lowest BCUT2D eigenvalue weighted by atomic mass is 9.99. The Balaban J connectivity index is 0.00000161. The maximum Gasteiger partial charge on any atom is 0.258 e. The number of methoxy groups -OCH3 is 1. The van der Waals surface area contributed by atoms with Crippen molar-refractivity contribution in [3.05, 3.63) is 28.5 Å². The molecule has 1 aromatic carbocycles. The van der Waals surface area contributed by atoms with Gasteiger partial charge >= 0.3 is 0 Å². The molecule has 0 unspecified atom stereocenters. The van der Waals surface area contributed by atoms with E-state index >= 15 is 0 Å². The van der Waals surface area contributed by atoms with Crippen molar-refractivity contribution in [2.75, 3.05) is 7.11 Å². The number of nitrogens with two attached hydrogens (primary N) is 1. The highest BCUT2D eigenvalue weighted by atomic mass is 79.9. The van der Waals surface area contributed by atoms with Crippen molar-refractivity contribution >= 4 is 28.3 Å². The van der Waals surface area contributed by atoms with Crippen LogP contribution in [-0.4, -0.2) is 17.3 Å². The van der Waals surface area contributed by atoms with E-state index in [1.807, 2.05) is 18.2 Å². The van der Waals surface area contributed by atoms with Gasteiger partial charge in [-0.3, -0.25) is 0 Å². The summed E-state index contributed by atoms with van der Waals surface area (Å²) in [6.45, 7) is 0. The van der Waals surface area contributed by atoms with Gasteiger partial charge in [-0.1, -0.05) is 18.0 Å². The number of hydrogen-bond donors (Lipinski definition) is 1. The molecule has 2 N–H and O–H groups in total. The summed E-state index contributed by atoms with van der Waals surface area (Å²) in [7, 11) is 1.63. The minimum absolute atomic E-state index is 0. The molecular formula is C14H17BrClN3O2. The molecule has 0 atom stereocenters. The summed E-state index contributed by atoms with van der Waals surface area (Å²) >= 11 is 3.45. The Bertz CT molecular complexity index is 626. The van der Waals surface area contributed by atoms with Gasteiger partial charge in [-0.25, -0.2) is 0 Å². The molecule has 1 aliphatic carbocycles. The maximum atomic E-state index is 6.33. The molecule has 0 radical (unpaired) electrons. The highest BCUT2D eigenvalue weighted by Gasteiger charge is 2.36. The third-order valence-corrected chi connectivity index (χ3v) is 4.39. The molecule has 1 aliphatic rings. The predicted octanol–water partition coefficient (Wildman–Crippen LogP) is 3.66. The Morgan fingerprint density at radius 1 is 1.33 bits per heavy atom. The van der Waals surface area contributed by atoms with E-state index in [0.717, 1.165) is 41.5 Å². The monoisotopic (exact) mass is 373 g/mol. The van der Waals surface area contributed by atoms with Gasteiger partial charge in [0.2, 0.25) is 0 Å². The third kappa shape index (κ3) is 3.07. The lowest BCUT2D eigenvalue weighted by molar-refractivity contribution is 0.372. The number of hydrogen-bond acceptors (Lipinski definition) is 5. The molecule has 114 valence electrons. The lowest BCUT2D eigenvalue weighted by Crippen LogP contribution is -2.34. The summed E-state index contributed by atoms with van der Waals surface area (Å²) in [5.41, 5.74) is 6.75. The largest absolute Gasteiger partial charge is 0.496 e. The number of aromatic nitrogens is 2. The van der Waals surface area contributed by atoms with Crippen LogP contribution in [0.15, 0.2) is 27.2 Å². The van der Waals surface area contributed by atoms with Gasteiger partial charge in [0.15, 0.2) is 5.82 Å². The van der Waals surface area contributed by atoms with Gasteiger partial charge in [-0.05, 0) is 47.0 Å². The first-order valence-electron chi connectivity index (χ1n) is 6.59. The minimum Gasteiger partial charge on any atom is -0.496 e. The molecule has 0 saturated heterocycles. The second-order valence-corrected chi connectivity index (χ2v) is 5.99. The van der Waals surface area contributed by atoms with Crippen LogP contribution in [0.5, 0.6) is 5.75 Å². The van der Waals surface area contributed by atoms with E-state index in [0.29, 0.717) is 11.7 Å². The Labute approximate surface area is 137 Å². The Morgan fingerprint density at radius 3 is 2.67 bits per heavy atom. The Morgan fingerprint density at radius 2 is 2.05 bits per heavy atom. The van der Waals surface area contributed by atoms with Crippen molar-refractivity contribution in [3.8, 4) is 17.2 Å². The van der Waals surface area contributed by atoms with Gasteiger partial charge in [0.05, 0.1) is 17.1 Å². The fourth-order valence-corrected chi connectivity index (χ4v) is 3.11. The molecule has 5 nitrogen and oxygen atoms in total. The van der Waals surface area contributed by atoms with Crippen molar-refractivity contribution in [2.24, 2.45) is 5.73 Å². The first-order chi connectivity index (χ1) is 9.62. The Kier molecular flexibility index (Phi) is 4.91. The lowest BCUT2D eigenvalue weighted by Gasteiger charge is -2.17. The van der Waals surface area contributed by atoms with Crippen molar-refractivity contribution in [3.63, 3.8) is 0 Å². The zero-order chi connectivity index (χ0) is 14.2. The molecule has 21 heavy (non-hydrogen) atoms. The predicted molar refractivity (Wildman–Crippen MR) is 85.6 cm³/mol. The van der Waals surface area contributed by atoms with E-state index in [9.17, 15) is 0 Å². The van der Waals surface area contributed by atoms with Gasteiger partial charge in [-0.2, -0.15) is 4.98 Å². The molecule has 1 saturated carbocycles. The normalized spacial score (nSPS) is 16.5. The molecule has 0 aliphatic heterocycles. The Hall–Kier alpha value is -1.11. The van der Waals surface area contributed by atoms with Gasteiger partial charge in [0.1, 0.15) is 5.75 Å². The molecule has 1 aromatic heterocycles. The van der Waals surface area contributed by atoms with Gasteiger partial charge < -0.3 is 15.0 Å². The number of benzene rings is 1. The number of halogens is 2. The fraction of sp³-hybridized carbons (Fsp3) is 0.429. The summed E-state index contributed by atoms with van der Waals surface area (Å²) in [4.78, 5) is 4.47. The summed E-state index contributed by atoms with van der Waals surface area (Å²) < 4.78 is 11.4. The summed E-state index contributed by atoms with van der Waals surface area (Å²) in [5, 5.41) is 4.06. The van der Waals surface area contributed by atoms with Gasteiger partial charge in [0, 0.05) is 5.56 Å². The zero-order valence-electron chi connectivity index (χ0n) is 11.6. The quantitative estimate of drug-likeness (QED) is 0.887. The van der Waals surface area contributed by atoms with E-state index in [1.54, 1.807) is 7.11 Å². The molecule has 7 heteroatoms. The first kappa shape index (κ1) is 16.3. The van der Waals surface area contributed by atoms with Gasteiger partial charge in [0.25, 0.3) is 5.89 Å². The number of rotatable bonds is 3. The van der Waals surface area contributed by atoms with Crippen LogP contribution in [0.4, 0.5) is 0 Å². The van der Waals surface area contributed by atoms with Crippen LogP contribution in [0, 0.1) is 0 Å².